The monoisotopic (exact) mass is 261 g/mol. The Bertz CT molecular complexity index is 552. The Hall–Kier alpha value is -1.92. The zero-order valence-electron chi connectivity index (χ0n) is 11.4. The fourth-order valence-corrected chi connectivity index (χ4v) is 2.09. The molecule has 6 nitrogen and oxygen atoms in total. The van der Waals surface area contributed by atoms with Crippen molar-refractivity contribution in [2.75, 3.05) is 6.61 Å². The minimum Gasteiger partial charge on any atom is -0.492 e. The standard InChI is InChI=1S/C13H19N5O/c1-4-19-11-6-10(7-15-8-11)13(16-14)12-5-9(2)17-18(12)3/h5-8,13,16H,4,14H2,1-3H3. The highest BCUT2D eigenvalue weighted by Gasteiger charge is 2.17. The van der Waals surface area contributed by atoms with E-state index in [2.05, 4.69) is 15.5 Å². The third-order valence-corrected chi connectivity index (χ3v) is 2.88. The van der Waals surface area contributed by atoms with E-state index in [-0.39, 0.29) is 6.04 Å². The van der Waals surface area contributed by atoms with Crippen LogP contribution in [0.3, 0.4) is 0 Å². The Labute approximate surface area is 112 Å². The van der Waals surface area contributed by atoms with Gasteiger partial charge in [-0.1, -0.05) is 0 Å². The van der Waals surface area contributed by atoms with Crippen molar-refractivity contribution in [2.24, 2.45) is 12.9 Å². The second kappa shape index (κ2) is 5.81. The van der Waals surface area contributed by atoms with E-state index in [1.165, 1.54) is 0 Å². The quantitative estimate of drug-likeness (QED) is 0.622. The van der Waals surface area contributed by atoms with Crippen molar-refractivity contribution < 1.29 is 4.74 Å². The van der Waals surface area contributed by atoms with Gasteiger partial charge < -0.3 is 4.74 Å². The molecule has 0 radical (unpaired) electrons. The van der Waals surface area contributed by atoms with Gasteiger partial charge in [0.15, 0.2) is 0 Å². The summed E-state index contributed by atoms with van der Waals surface area (Å²) in [5, 5.41) is 4.33. The Balaban J connectivity index is 2.36. The van der Waals surface area contributed by atoms with Gasteiger partial charge in [-0.25, -0.2) is 5.43 Å². The van der Waals surface area contributed by atoms with Crippen LogP contribution in [-0.4, -0.2) is 21.4 Å². The fourth-order valence-electron chi connectivity index (χ4n) is 2.09. The number of ether oxygens (including phenoxy) is 1. The third kappa shape index (κ3) is 2.91. The average Bonchev–Trinajstić information content (AvgIpc) is 2.71. The third-order valence-electron chi connectivity index (χ3n) is 2.88. The van der Waals surface area contributed by atoms with E-state index in [9.17, 15) is 0 Å². The molecule has 0 aliphatic rings. The molecule has 2 rings (SSSR count). The van der Waals surface area contributed by atoms with Crippen LogP contribution in [0.15, 0.2) is 24.5 Å². The topological polar surface area (TPSA) is 78.0 Å². The molecule has 3 N–H and O–H groups in total. The second-order valence-electron chi connectivity index (χ2n) is 4.32. The zero-order valence-corrected chi connectivity index (χ0v) is 11.4. The molecule has 2 heterocycles. The maximum absolute atomic E-state index is 5.68. The van der Waals surface area contributed by atoms with E-state index >= 15 is 0 Å². The number of pyridine rings is 1. The molecule has 0 spiro atoms. The molecule has 0 aromatic carbocycles. The summed E-state index contributed by atoms with van der Waals surface area (Å²) in [7, 11) is 1.90. The molecule has 2 aromatic rings. The first-order chi connectivity index (χ1) is 9.15. The second-order valence-corrected chi connectivity index (χ2v) is 4.32. The first kappa shape index (κ1) is 13.5. The van der Waals surface area contributed by atoms with Crippen molar-refractivity contribution in [3.8, 4) is 5.75 Å². The summed E-state index contributed by atoms with van der Waals surface area (Å²) in [5.74, 6) is 6.41. The van der Waals surface area contributed by atoms with Gasteiger partial charge in [-0.2, -0.15) is 5.10 Å². The molecular formula is C13H19N5O. The van der Waals surface area contributed by atoms with Gasteiger partial charge in [-0.15, -0.1) is 0 Å². The highest BCUT2D eigenvalue weighted by molar-refractivity contribution is 5.31. The number of nitrogens with two attached hydrogens (primary N) is 1. The molecule has 0 bridgehead atoms. The maximum atomic E-state index is 5.68. The van der Waals surface area contributed by atoms with E-state index in [1.807, 2.05) is 37.7 Å². The fraction of sp³-hybridized carbons (Fsp3) is 0.385. The summed E-state index contributed by atoms with van der Waals surface area (Å²) in [4.78, 5) is 4.18. The molecule has 0 saturated carbocycles. The first-order valence-electron chi connectivity index (χ1n) is 6.20. The summed E-state index contributed by atoms with van der Waals surface area (Å²) in [5.41, 5.74) is 5.68. The SMILES string of the molecule is CCOc1cncc(C(NN)c2cc(C)nn2C)c1. The van der Waals surface area contributed by atoms with Crippen LogP contribution < -0.4 is 16.0 Å². The van der Waals surface area contributed by atoms with E-state index in [0.29, 0.717) is 6.61 Å². The van der Waals surface area contributed by atoms with Crippen LogP contribution in [0, 0.1) is 6.92 Å². The Kier molecular flexibility index (Phi) is 4.13. The Morgan fingerprint density at radius 2 is 2.21 bits per heavy atom. The molecule has 0 saturated heterocycles. The lowest BCUT2D eigenvalue weighted by Gasteiger charge is -2.17. The number of nitrogens with zero attached hydrogens (tertiary/aromatic N) is 3. The predicted octanol–water partition coefficient (Wildman–Crippen LogP) is 1.07. The number of hydrazine groups is 1. The van der Waals surface area contributed by atoms with Gasteiger partial charge in [-0.3, -0.25) is 15.5 Å². The molecule has 6 heteroatoms. The molecule has 0 aliphatic carbocycles. The van der Waals surface area contributed by atoms with Crippen molar-refractivity contribution >= 4 is 0 Å². The number of aryl methyl sites for hydroxylation is 2. The smallest absolute Gasteiger partial charge is 0.137 e. The van der Waals surface area contributed by atoms with Crippen LogP contribution in [0.25, 0.3) is 0 Å². The average molecular weight is 261 g/mol. The Morgan fingerprint density at radius 3 is 2.79 bits per heavy atom. The number of rotatable bonds is 5. The molecule has 19 heavy (non-hydrogen) atoms. The molecular weight excluding hydrogens is 242 g/mol. The lowest BCUT2D eigenvalue weighted by molar-refractivity contribution is 0.338. The number of hydrogen-bond donors (Lipinski definition) is 2. The highest BCUT2D eigenvalue weighted by Crippen LogP contribution is 2.23. The molecule has 2 aromatic heterocycles. The van der Waals surface area contributed by atoms with Crippen LogP contribution in [0.1, 0.15) is 29.9 Å². The van der Waals surface area contributed by atoms with Crippen LogP contribution in [-0.2, 0) is 7.05 Å². The summed E-state index contributed by atoms with van der Waals surface area (Å²) >= 11 is 0. The predicted molar refractivity (Wildman–Crippen MR) is 72.5 cm³/mol. The summed E-state index contributed by atoms with van der Waals surface area (Å²) in [6, 6.07) is 3.76. The minimum absolute atomic E-state index is 0.167. The molecule has 1 unspecified atom stereocenters. The van der Waals surface area contributed by atoms with E-state index in [1.54, 1.807) is 12.4 Å². The van der Waals surface area contributed by atoms with Crippen molar-refractivity contribution in [3.63, 3.8) is 0 Å². The molecule has 0 aliphatic heterocycles. The normalized spacial score (nSPS) is 12.4. The van der Waals surface area contributed by atoms with E-state index < -0.39 is 0 Å². The molecule has 0 amide bonds. The lowest BCUT2D eigenvalue weighted by Crippen LogP contribution is -2.30. The maximum Gasteiger partial charge on any atom is 0.137 e. The Morgan fingerprint density at radius 1 is 1.42 bits per heavy atom. The highest BCUT2D eigenvalue weighted by atomic mass is 16.5. The minimum atomic E-state index is -0.167. The van der Waals surface area contributed by atoms with Crippen molar-refractivity contribution in [1.29, 1.82) is 0 Å². The van der Waals surface area contributed by atoms with Gasteiger partial charge >= 0.3 is 0 Å². The van der Waals surface area contributed by atoms with Gasteiger partial charge in [0.2, 0.25) is 0 Å². The molecule has 102 valence electrons. The summed E-state index contributed by atoms with van der Waals surface area (Å²) < 4.78 is 7.27. The van der Waals surface area contributed by atoms with E-state index in [4.69, 9.17) is 10.6 Å². The van der Waals surface area contributed by atoms with Gasteiger partial charge in [0.25, 0.3) is 0 Å². The van der Waals surface area contributed by atoms with Crippen molar-refractivity contribution in [2.45, 2.75) is 19.9 Å². The van der Waals surface area contributed by atoms with Crippen LogP contribution in [0.5, 0.6) is 5.75 Å². The molecule has 1 atom stereocenters. The van der Waals surface area contributed by atoms with Crippen LogP contribution in [0.4, 0.5) is 0 Å². The number of aromatic nitrogens is 3. The van der Waals surface area contributed by atoms with Crippen molar-refractivity contribution in [1.82, 2.24) is 20.2 Å². The van der Waals surface area contributed by atoms with Gasteiger partial charge in [0.1, 0.15) is 5.75 Å². The number of hydrogen-bond acceptors (Lipinski definition) is 5. The lowest BCUT2D eigenvalue weighted by atomic mass is 10.1. The molecule has 0 fully saturated rings. The van der Waals surface area contributed by atoms with Gasteiger partial charge in [0, 0.05) is 13.2 Å². The number of nitrogens with one attached hydrogen (secondary N) is 1. The van der Waals surface area contributed by atoms with E-state index in [0.717, 1.165) is 22.7 Å². The summed E-state index contributed by atoms with van der Waals surface area (Å²) in [6.07, 6.45) is 3.46. The van der Waals surface area contributed by atoms with Gasteiger partial charge in [0.05, 0.1) is 30.2 Å². The van der Waals surface area contributed by atoms with Crippen LogP contribution in [0.2, 0.25) is 0 Å². The zero-order chi connectivity index (χ0) is 13.8. The van der Waals surface area contributed by atoms with Gasteiger partial charge in [-0.05, 0) is 31.5 Å². The largest absolute Gasteiger partial charge is 0.492 e. The summed E-state index contributed by atoms with van der Waals surface area (Å²) in [6.45, 7) is 4.50. The van der Waals surface area contributed by atoms with Crippen LogP contribution >= 0.6 is 0 Å². The van der Waals surface area contributed by atoms with Crippen molar-refractivity contribution in [3.05, 3.63) is 41.5 Å². The first-order valence-corrected chi connectivity index (χ1v) is 6.20.